The summed E-state index contributed by atoms with van der Waals surface area (Å²) in [5, 5.41) is 8.32. The molecule has 0 amide bonds. The van der Waals surface area contributed by atoms with Gasteiger partial charge in [-0.2, -0.15) is 0 Å². The summed E-state index contributed by atoms with van der Waals surface area (Å²) >= 11 is 0. The molecule has 0 spiro atoms. The zero-order valence-corrected chi connectivity index (χ0v) is 8.80. The summed E-state index contributed by atoms with van der Waals surface area (Å²) in [7, 11) is 0. The van der Waals surface area contributed by atoms with E-state index in [9.17, 15) is 0 Å². The molecule has 1 aliphatic heterocycles. The molecule has 0 radical (unpaired) electrons. The minimum atomic E-state index is 0.247. The molecule has 5 nitrogen and oxygen atoms in total. The quantitative estimate of drug-likeness (QED) is 0.450. The van der Waals surface area contributed by atoms with E-state index in [0.717, 1.165) is 24.5 Å². The Hall–Kier alpha value is -1.59. The monoisotopic (exact) mass is 222 g/mol. The predicted molar refractivity (Wildman–Crippen MR) is 59.4 cm³/mol. The average molecular weight is 222 g/mol. The highest BCUT2D eigenvalue weighted by Crippen LogP contribution is 2.19. The molecule has 0 aromatic heterocycles. The average Bonchev–Trinajstić information content (AvgIpc) is 2.26. The van der Waals surface area contributed by atoms with Crippen LogP contribution in [0.25, 0.3) is 0 Å². The molecular formula is C11H14N2O3. The first kappa shape index (κ1) is 10.9. The second-order valence-electron chi connectivity index (χ2n) is 3.47. The molecule has 0 aliphatic carbocycles. The van der Waals surface area contributed by atoms with E-state index < -0.39 is 0 Å². The maximum absolute atomic E-state index is 8.32. The zero-order chi connectivity index (χ0) is 11.2. The summed E-state index contributed by atoms with van der Waals surface area (Å²) in [5.41, 5.74) is 2.59. The lowest BCUT2D eigenvalue weighted by Gasteiger charge is -2.26. The van der Waals surface area contributed by atoms with Crippen LogP contribution in [-0.2, 0) is 4.74 Å². The smallest absolute Gasteiger partial charge is 0.119 e. The van der Waals surface area contributed by atoms with E-state index in [4.69, 9.17) is 14.7 Å². The summed E-state index contributed by atoms with van der Waals surface area (Å²) < 4.78 is 10.8. The number of hydroxylamine groups is 1. The molecule has 2 rings (SSSR count). The number of benzene rings is 1. The minimum Gasteiger partial charge on any atom is -0.491 e. The molecule has 1 aromatic rings. The van der Waals surface area contributed by atoms with Gasteiger partial charge < -0.3 is 9.47 Å². The van der Waals surface area contributed by atoms with Crippen LogP contribution >= 0.6 is 0 Å². The van der Waals surface area contributed by atoms with Crippen molar-refractivity contribution in [3.05, 3.63) is 24.3 Å². The molecule has 1 unspecified atom stereocenters. The summed E-state index contributed by atoms with van der Waals surface area (Å²) in [6, 6.07) is 7.29. The summed E-state index contributed by atoms with van der Waals surface area (Å²) in [6.07, 6.45) is 2.53. The zero-order valence-electron chi connectivity index (χ0n) is 8.80. The van der Waals surface area contributed by atoms with E-state index in [1.807, 2.05) is 29.7 Å². The molecule has 1 saturated heterocycles. The molecule has 1 fully saturated rings. The van der Waals surface area contributed by atoms with Gasteiger partial charge in [-0.25, -0.2) is 4.99 Å². The van der Waals surface area contributed by atoms with Crippen LogP contribution < -0.4 is 10.2 Å². The number of nitrogens with zero attached hydrogens (tertiary/aromatic N) is 1. The number of aliphatic imine (C=N–C) groups is 1. The fourth-order valence-corrected chi connectivity index (χ4v) is 1.34. The Morgan fingerprint density at radius 3 is 2.81 bits per heavy atom. The first-order valence-corrected chi connectivity index (χ1v) is 5.15. The standard InChI is InChI=1S/C11H14N2O3/c14-13-8-12-9-1-3-10(4-2-9)16-7-11-5-6-15-11/h1-4,8,11,14H,5-7H2,(H,12,13). The Kier molecular flexibility index (Phi) is 3.74. The van der Waals surface area contributed by atoms with Gasteiger partial charge in [0.1, 0.15) is 18.7 Å². The fraction of sp³-hybridized carbons (Fsp3) is 0.364. The summed E-state index contributed by atoms with van der Waals surface area (Å²) in [6.45, 7) is 1.44. The van der Waals surface area contributed by atoms with Crippen molar-refractivity contribution in [1.29, 1.82) is 0 Å². The van der Waals surface area contributed by atoms with Crippen molar-refractivity contribution in [2.45, 2.75) is 12.5 Å². The molecule has 1 heterocycles. The molecule has 0 bridgehead atoms. The Labute approximate surface area is 93.7 Å². The fourth-order valence-electron chi connectivity index (χ4n) is 1.34. The highest BCUT2D eigenvalue weighted by atomic mass is 16.5. The van der Waals surface area contributed by atoms with Crippen LogP contribution in [0, 0.1) is 0 Å². The van der Waals surface area contributed by atoms with Crippen LogP contribution in [0.4, 0.5) is 5.69 Å². The van der Waals surface area contributed by atoms with Crippen LogP contribution in [0.15, 0.2) is 29.3 Å². The molecule has 0 saturated carbocycles. The topological polar surface area (TPSA) is 63.1 Å². The van der Waals surface area contributed by atoms with E-state index in [1.54, 1.807) is 0 Å². The van der Waals surface area contributed by atoms with Crippen molar-refractivity contribution in [2.75, 3.05) is 13.2 Å². The van der Waals surface area contributed by atoms with Crippen LogP contribution in [0.5, 0.6) is 5.75 Å². The molecule has 16 heavy (non-hydrogen) atoms. The Balaban J connectivity index is 1.83. The number of rotatable bonds is 5. The Morgan fingerprint density at radius 1 is 1.50 bits per heavy atom. The van der Waals surface area contributed by atoms with E-state index >= 15 is 0 Å². The van der Waals surface area contributed by atoms with Gasteiger partial charge in [0.15, 0.2) is 0 Å². The van der Waals surface area contributed by atoms with E-state index in [-0.39, 0.29) is 6.10 Å². The number of nitrogens with one attached hydrogen (secondary N) is 1. The second-order valence-corrected chi connectivity index (χ2v) is 3.47. The third-order valence-corrected chi connectivity index (χ3v) is 2.34. The van der Waals surface area contributed by atoms with Crippen LogP contribution in [-0.4, -0.2) is 30.9 Å². The van der Waals surface area contributed by atoms with Gasteiger partial charge in [-0.05, 0) is 24.3 Å². The second kappa shape index (κ2) is 5.48. The highest BCUT2D eigenvalue weighted by Gasteiger charge is 2.18. The molecule has 1 aliphatic rings. The normalized spacial score (nSPS) is 19.4. The minimum absolute atomic E-state index is 0.247. The largest absolute Gasteiger partial charge is 0.491 e. The molecule has 2 N–H and O–H groups in total. The Bertz CT molecular complexity index is 347. The molecule has 1 aromatic carbocycles. The van der Waals surface area contributed by atoms with Gasteiger partial charge >= 0.3 is 0 Å². The number of ether oxygens (including phenoxy) is 2. The van der Waals surface area contributed by atoms with E-state index in [0.29, 0.717) is 6.61 Å². The number of hydrogen-bond donors (Lipinski definition) is 2. The van der Waals surface area contributed by atoms with Crippen molar-refractivity contribution in [2.24, 2.45) is 4.99 Å². The molecule has 86 valence electrons. The van der Waals surface area contributed by atoms with Crippen molar-refractivity contribution >= 4 is 12.0 Å². The van der Waals surface area contributed by atoms with Crippen molar-refractivity contribution in [1.82, 2.24) is 5.48 Å². The third-order valence-electron chi connectivity index (χ3n) is 2.34. The molecular weight excluding hydrogens is 208 g/mol. The lowest BCUT2D eigenvalue weighted by molar-refractivity contribution is -0.0720. The van der Waals surface area contributed by atoms with Gasteiger partial charge in [0.25, 0.3) is 0 Å². The molecule has 5 heteroatoms. The predicted octanol–water partition coefficient (Wildman–Crippen LogP) is 1.49. The van der Waals surface area contributed by atoms with Gasteiger partial charge in [-0.1, -0.05) is 0 Å². The number of hydrogen-bond acceptors (Lipinski definition) is 4. The van der Waals surface area contributed by atoms with Crippen LogP contribution in [0.1, 0.15) is 6.42 Å². The van der Waals surface area contributed by atoms with Gasteiger partial charge in [0, 0.05) is 13.0 Å². The SMILES string of the molecule is ONC=Nc1ccc(OCC2CCO2)cc1. The van der Waals surface area contributed by atoms with E-state index in [1.165, 1.54) is 6.34 Å². The lowest BCUT2D eigenvalue weighted by Crippen LogP contribution is -2.32. The maximum Gasteiger partial charge on any atom is 0.119 e. The van der Waals surface area contributed by atoms with Crippen molar-refractivity contribution < 1.29 is 14.7 Å². The highest BCUT2D eigenvalue weighted by molar-refractivity contribution is 5.59. The van der Waals surface area contributed by atoms with Crippen molar-refractivity contribution in [3.63, 3.8) is 0 Å². The first-order valence-electron chi connectivity index (χ1n) is 5.15. The van der Waals surface area contributed by atoms with E-state index in [2.05, 4.69) is 4.99 Å². The summed E-state index contributed by atoms with van der Waals surface area (Å²) in [4.78, 5) is 3.92. The van der Waals surface area contributed by atoms with Crippen LogP contribution in [0.2, 0.25) is 0 Å². The van der Waals surface area contributed by atoms with Gasteiger partial charge in [0.05, 0.1) is 11.8 Å². The van der Waals surface area contributed by atoms with Crippen molar-refractivity contribution in [3.8, 4) is 5.75 Å². The molecule has 1 atom stereocenters. The third kappa shape index (κ3) is 2.95. The van der Waals surface area contributed by atoms with Gasteiger partial charge in [-0.3, -0.25) is 10.7 Å². The lowest BCUT2D eigenvalue weighted by atomic mass is 10.2. The maximum atomic E-state index is 8.32. The van der Waals surface area contributed by atoms with Gasteiger partial charge in [-0.15, -0.1) is 0 Å². The Morgan fingerprint density at radius 2 is 2.25 bits per heavy atom. The summed E-state index contributed by atoms with van der Waals surface area (Å²) in [5.74, 6) is 0.798. The first-order chi connectivity index (χ1) is 7.88. The van der Waals surface area contributed by atoms with Gasteiger partial charge in [0.2, 0.25) is 0 Å². The van der Waals surface area contributed by atoms with Crippen LogP contribution in [0.3, 0.4) is 0 Å².